The fourth-order valence-electron chi connectivity index (χ4n) is 3.77. The summed E-state index contributed by atoms with van der Waals surface area (Å²) in [5.74, 6) is -1.49. The fourth-order valence-corrected chi connectivity index (χ4v) is 3.77. The highest BCUT2D eigenvalue weighted by atomic mass is 19.1. The van der Waals surface area contributed by atoms with Crippen molar-refractivity contribution in [3.8, 4) is 0 Å². The highest BCUT2D eigenvalue weighted by Gasteiger charge is 2.19. The van der Waals surface area contributed by atoms with Crippen LogP contribution in [0.5, 0.6) is 0 Å². The zero-order valence-corrected chi connectivity index (χ0v) is 18.9. The monoisotopic (exact) mass is 461 g/mol. The molecule has 0 aliphatic heterocycles. The highest BCUT2D eigenvalue weighted by molar-refractivity contribution is 5.90. The zero-order valence-electron chi connectivity index (χ0n) is 18.9. The molecule has 1 aromatic carbocycles. The van der Waals surface area contributed by atoms with Gasteiger partial charge in [-0.05, 0) is 25.0 Å². The minimum absolute atomic E-state index is 0.00761. The van der Waals surface area contributed by atoms with E-state index in [-0.39, 0.29) is 18.5 Å². The molecule has 0 bridgehead atoms. The van der Waals surface area contributed by atoms with Crippen LogP contribution in [0.15, 0.2) is 27.8 Å². The van der Waals surface area contributed by atoms with Gasteiger partial charge in [0.1, 0.15) is 17.5 Å². The lowest BCUT2D eigenvalue weighted by molar-refractivity contribution is -0.116. The summed E-state index contributed by atoms with van der Waals surface area (Å²) in [6.45, 7) is 5.04. The van der Waals surface area contributed by atoms with Gasteiger partial charge >= 0.3 is 5.69 Å². The highest BCUT2D eigenvalue weighted by Crippen LogP contribution is 2.17. The van der Waals surface area contributed by atoms with E-state index in [0.717, 1.165) is 50.3 Å². The smallest absolute Gasteiger partial charge is 0.326 e. The summed E-state index contributed by atoms with van der Waals surface area (Å²) in [6, 6.07) is 2.80. The van der Waals surface area contributed by atoms with E-state index in [1.165, 1.54) is 4.57 Å². The first-order chi connectivity index (χ1) is 15.8. The Hall–Kier alpha value is -3.30. The van der Waals surface area contributed by atoms with Crippen LogP contribution in [0, 0.1) is 11.6 Å². The number of aromatic amines is 1. The summed E-state index contributed by atoms with van der Waals surface area (Å²) in [7, 11) is 0. The van der Waals surface area contributed by atoms with Gasteiger partial charge in [0.25, 0.3) is 5.56 Å². The van der Waals surface area contributed by atoms with E-state index in [0.29, 0.717) is 30.1 Å². The van der Waals surface area contributed by atoms with Crippen molar-refractivity contribution in [2.75, 3.05) is 5.32 Å². The third-order valence-corrected chi connectivity index (χ3v) is 5.41. The number of anilines is 1. The molecular formula is C23H29F2N5O3. The van der Waals surface area contributed by atoms with E-state index in [9.17, 15) is 23.2 Å². The summed E-state index contributed by atoms with van der Waals surface area (Å²) in [6.07, 6.45) is 4.59. The van der Waals surface area contributed by atoms with Crippen LogP contribution in [-0.4, -0.2) is 25.0 Å². The van der Waals surface area contributed by atoms with Crippen LogP contribution in [0.2, 0.25) is 0 Å². The molecule has 0 saturated carbocycles. The second-order valence-electron chi connectivity index (χ2n) is 8.03. The Kier molecular flexibility index (Phi) is 8.13. The standard InChI is InChI=1S/C23H29F2N5O3/c1-3-5-7-11-29-18(8-9-19(31)26-17-13-15(24)12-16(25)14-17)27-21-20(29)22(32)28-23(33)30(21)10-6-4-2/h12-14H,3-11H2,1-2H3,(H,26,31)(H,28,32,33). The summed E-state index contributed by atoms with van der Waals surface area (Å²) in [4.78, 5) is 44.4. The maximum absolute atomic E-state index is 13.4. The number of aryl methyl sites for hydroxylation is 3. The van der Waals surface area contributed by atoms with Crippen LogP contribution in [0.3, 0.4) is 0 Å². The molecule has 2 N–H and O–H groups in total. The van der Waals surface area contributed by atoms with Crippen molar-refractivity contribution in [2.24, 2.45) is 0 Å². The number of imidazole rings is 1. The molecule has 8 nitrogen and oxygen atoms in total. The van der Waals surface area contributed by atoms with Crippen LogP contribution in [0.4, 0.5) is 14.5 Å². The van der Waals surface area contributed by atoms with Crippen LogP contribution < -0.4 is 16.6 Å². The minimum Gasteiger partial charge on any atom is -0.326 e. The molecule has 10 heteroatoms. The number of hydrogen-bond acceptors (Lipinski definition) is 4. The number of nitrogens with one attached hydrogen (secondary N) is 2. The van der Waals surface area contributed by atoms with Crippen molar-refractivity contribution in [2.45, 2.75) is 71.9 Å². The largest absolute Gasteiger partial charge is 0.330 e. The van der Waals surface area contributed by atoms with Crippen LogP contribution in [0.1, 0.15) is 58.2 Å². The Morgan fingerprint density at radius 3 is 2.33 bits per heavy atom. The van der Waals surface area contributed by atoms with Crippen LogP contribution >= 0.6 is 0 Å². The Bertz CT molecular complexity index is 1230. The minimum atomic E-state index is -0.785. The molecule has 178 valence electrons. The molecule has 0 atom stereocenters. The molecule has 0 fully saturated rings. The molecule has 3 rings (SSSR count). The number of fused-ring (bicyclic) bond motifs is 1. The van der Waals surface area contributed by atoms with Gasteiger partial charge in [-0.25, -0.2) is 18.6 Å². The molecule has 0 saturated heterocycles. The normalized spacial score (nSPS) is 11.3. The lowest BCUT2D eigenvalue weighted by Crippen LogP contribution is -2.31. The van der Waals surface area contributed by atoms with Gasteiger partial charge in [0.2, 0.25) is 5.91 Å². The lowest BCUT2D eigenvalue weighted by atomic mass is 10.2. The fraction of sp³-hybridized carbons (Fsp3) is 0.478. The Morgan fingerprint density at radius 1 is 1.00 bits per heavy atom. The number of hydrogen-bond donors (Lipinski definition) is 2. The van der Waals surface area contributed by atoms with Crippen molar-refractivity contribution in [1.82, 2.24) is 19.1 Å². The number of aromatic nitrogens is 4. The van der Waals surface area contributed by atoms with Crippen molar-refractivity contribution < 1.29 is 13.6 Å². The van der Waals surface area contributed by atoms with Gasteiger partial charge in [-0.3, -0.25) is 19.1 Å². The molecule has 2 heterocycles. The maximum atomic E-state index is 13.4. The van der Waals surface area contributed by atoms with E-state index < -0.39 is 28.8 Å². The number of rotatable bonds is 11. The quantitative estimate of drug-likeness (QED) is 0.425. The molecule has 1 amide bonds. The average molecular weight is 462 g/mol. The summed E-state index contributed by atoms with van der Waals surface area (Å²) < 4.78 is 30.0. The Balaban J connectivity index is 1.90. The van der Waals surface area contributed by atoms with Crippen molar-refractivity contribution in [3.05, 3.63) is 56.5 Å². The number of amides is 1. The number of carbonyl (C=O) groups excluding carboxylic acids is 1. The van der Waals surface area contributed by atoms with Gasteiger partial charge in [-0.1, -0.05) is 33.1 Å². The zero-order chi connectivity index (χ0) is 24.0. The molecule has 33 heavy (non-hydrogen) atoms. The van der Waals surface area contributed by atoms with Crippen molar-refractivity contribution in [3.63, 3.8) is 0 Å². The first kappa shape index (κ1) is 24.3. The molecule has 0 spiro atoms. The molecule has 3 aromatic rings. The van der Waals surface area contributed by atoms with Gasteiger partial charge < -0.3 is 9.88 Å². The third-order valence-electron chi connectivity index (χ3n) is 5.41. The second kappa shape index (κ2) is 11.0. The van der Waals surface area contributed by atoms with Gasteiger partial charge in [0.15, 0.2) is 11.2 Å². The average Bonchev–Trinajstić information content (AvgIpc) is 3.10. The Morgan fingerprint density at radius 2 is 1.67 bits per heavy atom. The number of halogens is 2. The summed E-state index contributed by atoms with van der Waals surface area (Å²) in [5, 5.41) is 2.48. The molecule has 0 unspecified atom stereocenters. The second-order valence-corrected chi connectivity index (χ2v) is 8.03. The van der Waals surface area contributed by atoms with Crippen molar-refractivity contribution in [1.29, 1.82) is 0 Å². The molecule has 0 aliphatic rings. The molecule has 0 aliphatic carbocycles. The van der Waals surface area contributed by atoms with Gasteiger partial charge in [-0.15, -0.1) is 0 Å². The van der Waals surface area contributed by atoms with E-state index in [1.807, 2.05) is 6.92 Å². The number of benzene rings is 1. The maximum Gasteiger partial charge on any atom is 0.330 e. The number of carbonyl (C=O) groups is 1. The molecule has 0 radical (unpaired) electrons. The lowest BCUT2D eigenvalue weighted by Gasteiger charge is -2.09. The third kappa shape index (κ3) is 5.94. The van der Waals surface area contributed by atoms with E-state index in [4.69, 9.17) is 0 Å². The molecule has 2 aromatic heterocycles. The van der Waals surface area contributed by atoms with Crippen LogP contribution in [0.25, 0.3) is 11.2 Å². The summed E-state index contributed by atoms with van der Waals surface area (Å²) in [5.41, 5.74) is -0.339. The number of H-pyrrole nitrogens is 1. The van der Waals surface area contributed by atoms with Gasteiger partial charge in [0.05, 0.1) is 0 Å². The predicted molar refractivity (Wildman–Crippen MR) is 122 cm³/mol. The van der Waals surface area contributed by atoms with E-state index >= 15 is 0 Å². The number of unbranched alkanes of at least 4 members (excludes halogenated alkanes) is 3. The van der Waals surface area contributed by atoms with E-state index in [1.54, 1.807) is 4.57 Å². The van der Waals surface area contributed by atoms with Gasteiger partial charge in [0, 0.05) is 37.7 Å². The summed E-state index contributed by atoms with van der Waals surface area (Å²) >= 11 is 0. The first-order valence-corrected chi connectivity index (χ1v) is 11.3. The van der Waals surface area contributed by atoms with Crippen LogP contribution in [-0.2, 0) is 24.3 Å². The van der Waals surface area contributed by atoms with Gasteiger partial charge in [-0.2, -0.15) is 0 Å². The van der Waals surface area contributed by atoms with Crippen molar-refractivity contribution >= 4 is 22.8 Å². The number of nitrogens with zero attached hydrogens (tertiary/aromatic N) is 3. The molecular weight excluding hydrogens is 432 g/mol. The topological polar surface area (TPSA) is 102 Å². The predicted octanol–water partition coefficient (Wildman–Crippen LogP) is 3.73. The Labute approximate surface area is 189 Å². The SMILES string of the molecule is CCCCCn1c(CCC(=O)Nc2cc(F)cc(F)c2)nc2c1c(=O)[nH]c(=O)n2CCCC. The van der Waals surface area contributed by atoms with E-state index in [2.05, 4.69) is 22.2 Å². The first-order valence-electron chi connectivity index (χ1n) is 11.3.